The van der Waals surface area contributed by atoms with Crippen LogP contribution in [0.15, 0.2) is 47.9 Å². The molecule has 1 N–H and O–H groups in total. The summed E-state index contributed by atoms with van der Waals surface area (Å²) >= 11 is 1.56. The van der Waals surface area contributed by atoms with E-state index < -0.39 is 0 Å². The molecule has 1 saturated heterocycles. The Labute approximate surface area is 124 Å². The van der Waals surface area contributed by atoms with Gasteiger partial charge in [0.25, 0.3) is 0 Å². The van der Waals surface area contributed by atoms with Crippen molar-refractivity contribution < 1.29 is 14.6 Å². The first kappa shape index (κ1) is 15.1. The number of benzene rings is 1. The number of carbonyl (C=O) groups excluding carboxylic acids is 1. The summed E-state index contributed by atoms with van der Waals surface area (Å²) in [5, 5.41) is 8.76. The average Bonchev–Trinajstić information content (AvgIpc) is 2.75. The summed E-state index contributed by atoms with van der Waals surface area (Å²) in [6.45, 7) is 3.91. The van der Waals surface area contributed by atoms with Crippen LogP contribution in [-0.4, -0.2) is 29.0 Å². The van der Waals surface area contributed by atoms with E-state index in [1.165, 1.54) is 0 Å². The third kappa shape index (κ3) is 3.64. The maximum atomic E-state index is 12.1. The minimum Gasteiger partial charge on any atom is -0.461 e. The normalized spacial score (nSPS) is 25.4. The highest BCUT2D eigenvalue weighted by molar-refractivity contribution is 8.00. The number of hydrogen-bond acceptors (Lipinski definition) is 4. The number of allylic oxidation sites excluding steroid dienone is 1. The van der Waals surface area contributed by atoms with Crippen LogP contribution < -0.4 is 0 Å². The van der Waals surface area contributed by atoms with Crippen molar-refractivity contribution in [3.05, 3.63) is 43.0 Å². The fourth-order valence-corrected chi connectivity index (χ4v) is 3.71. The number of hydrogen-bond donors (Lipinski definition) is 1. The third-order valence-electron chi connectivity index (χ3n) is 3.46. The number of esters is 1. The Morgan fingerprint density at radius 2 is 2.10 bits per heavy atom. The van der Waals surface area contributed by atoms with Gasteiger partial charge in [0, 0.05) is 17.4 Å². The quantitative estimate of drug-likeness (QED) is 0.620. The molecular weight excluding hydrogens is 272 g/mol. The zero-order valence-electron chi connectivity index (χ0n) is 11.4. The first-order valence-corrected chi connectivity index (χ1v) is 7.78. The molecule has 1 aliphatic rings. The van der Waals surface area contributed by atoms with Crippen LogP contribution >= 0.6 is 11.8 Å². The Morgan fingerprint density at radius 1 is 1.35 bits per heavy atom. The van der Waals surface area contributed by atoms with E-state index in [1.807, 2.05) is 36.4 Å². The van der Waals surface area contributed by atoms with Crippen molar-refractivity contribution in [1.82, 2.24) is 0 Å². The molecule has 3 nitrogen and oxygen atoms in total. The summed E-state index contributed by atoms with van der Waals surface area (Å²) < 4.78 is 5.49. The van der Waals surface area contributed by atoms with Gasteiger partial charge in [0.15, 0.2) is 0 Å². The molecule has 1 aliphatic heterocycles. The van der Waals surface area contributed by atoms with Crippen LogP contribution in [0, 0.1) is 5.92 Å². The van der Waals surface area contributed by atoms with E-state index in [2.05, 4.69) is 6.58 Å². The molecule has 3 atom stereocenters. The standard InChI is InChI=1S/C16H20O3S/c1-2-7-13-14(10-6-11-17)19-16(18)15(13)20-12-8-4-3-5-9-12/h2-5,8-9,13-15,17H,1,6-7,10-11H2/t13-,14-,15+/m1/s1. The van der Waals surface area contributed by atoms with E-state index in [0.29, 0.717) is 12.8 Å². The van der Waals surface area contributed by atoms with E-state index in [0.717, 1.165) is 11.3 Å². The van der Waals surface area contributed by atoms with Gasteiger partial charge in [-0.3, -0.25) is 4.79 Å². The topological polar surface area (TPSA) is 46.5 Å². The lowest BCUT2D eigenvalue weighted by molar-refractivity contribution is -0.141. The Morgan fingerprint density at radius 3 is 2.75 bits per heavy atom. The van der Waals surface area contributed by atoms with Gasteiger partial charge >= 0.3 is 5.97 Å². The van der Waals surface area contributed by atoms with Crippen molar-refractivity contribution in [2.45, 2.75) is 35.5 Å². The van der Waals surface area contributed by atoms with Crippen molar-refractivity contribution in [3.8, 4) is 0 Å². The van der Waals surface area contributed by atoms with Gasteiger partial charge < -0.3 is 9.84 Å². The zero-order valence-corrected chi connectivity index (χ0v) is 12.2. The molecule has 0 unspecified atom stereocenters. The highest BCUT2D eigenvalue weighted by atomic mass is 32.2. The summed E-state index contributed by atoms with van der Waals surface area (Å²) in [7, 11) is 0. The summed E-state index contributed by atoms with van der Waals surface area (Å²) in [6.07, 6.45) is 3.87. The number of aliphatic hydroxyl groups excluding tert-OH is 1. The molecule has 1 aromatic rings. The fourth-order valence-electron chi connectivity index (χ4n) is 2.49. The summed E-state index contributed by atoms with van der Waals surface area (Å²) in [5.41, 5.74) is 0. The molecule has 0 spiro atoms. The van der Waals surface area contributed by atoms with Crippen molar-refractivity contribution in [3.63, 3.8) is 0 Å². The zero-order chi connectivity index (χ0) is 14.4. The summed E-state index contributed by atoms with van der Waals surface area (Å²) in [5.74, 6) is -0.00889. The smallest absolute Gasteiger partial charge is 0.320 e. The van der Waals surface area contributed by atoms with E-state index in [9.17, 15) is 4.79 Å². The number of aliphatic hydroxyl groups is 1. The van der Waals surface area contributed by atoms with Gasteiger partial charge in [-0.25, -0.2) is 0 Å². The monoisotopic (exact) mass is 292 g/mol. The highest BCUT2D eigenvalue weighted by Crippen LogP contribution is 2.39. The van der Waals surface area contributed by atoms with Gasteiger partial charge in [-0.05, 0) is 31.4 Å². The maximum Gasteiger partial charge on any atom is 0.320 e. The molecule has 2 rings (SSSR count). The molecule has 1 heterocycles. The SMILES string of the molecule is C=CC[C@H]1[C@H](Sc2ccccc2)C(=O)O[C@@H]1CCCO. The van der Waals surface area contributed by atoms with Crippen molar-refractivity contribution in [2.75, 3.05) is 6.61 Å². The van der Waals surface area contributed by atoms with Crippen LogP contribution in [0.2, 0.25) is 0 Å². The van der Waals surface area contributed by atoms with Crippen molar-refractivity contribution >= 4 is 17.7 Å². The van der Waals surface area contributed by atoms with Gasteiger partial charge in [0.1, 0.15) is 11.4 Å². The van der Waals surface area contributed by atoms with Gasteiger partial charge in [0.05, 0.1) is 0 Å². The fraction of sp³-hybridized carbons (Fsp3) is 0.438. The number of carbonyl (C=O) groups is 1. The molecule has 0 radical (unpaired) electrons. The molecule has 4 heteroatoms. The molecule has 1 aromatic carbocycles. The van der Waals surface area contributed by atoms with Crippen LogP contribution in [0.3, 0.4) is 0 Å². The molecule has 0 bridgehead atoms. The maximum absolute atomic E-state index is 12.1. The Bertz CT molecular complexity index is 446. The second-order valence-corrected chi connectivity index (χ2v) is 6.10. The molecule has 0 aliphatic carbocycles. The molecule has 0 saturated carbocycles. The van der Waals surface area contributed by atoms with E-state index in [-0.39, 0.29) is 29.8 Å². The second kappa shape index (κ2) is 7.50. The van der Waals surface area contributed by atoms with Crippen LogP contribution in [0.5, 0.6) is 0 Å². The van der Waals surface area contributed by atoms with Gasteiger partial charge in [0.2, 0.25) is 0 Å². The molecule has 1 fully saturated rings. The van der Waals surface area contributed by atoms with Crippen molar-refractivity contribution in [2.24, 2.45) is 5.92 Å². The Balaban J connectivity index is 2.08. The lowest BCUT2D eigenvalue weighted by Gasteiger charge is -2.19. The minimum absolute atomic E-state index is 0.103. The van der Waals surface area contributed by atoms with Crippen LogP contribution in [0.25, 0.3) is 0 Å². The summed E-state index contributed by atoms with van der Waals surface area (Å²) in [6, 6.07) is 9.90. The minimum atomic E-state index is -0.181. The van der Waals surface area contributed by atoms with Crippen LogP contribution in [-0.2, 0) is 9.53 Å². The van der Waals surface area contributed by atoms with Crippen LogP contribution in [0.1, 0.15) is 19.3 Å². The molecule has 0 aromatic heterocycles. The number of rotatable bonds is 7. The summed E-state index contributed by atoms with van der Waals surface area (Å²) in [4.78, 5) is 13.2. The first-order valence-electron chi connectivity index (χ1n) is 6.90. The lowest BCUT2D eigenvalue weighted by atomic mass is 9.94. The first-order chi connectivity index (χ1) is 9.76. The Hall–Kier alpha value is -1.26. The van der Waals surface area contributed by atoms with E-state index in [1.54, 1.807) is 11.8 Å². The van der Waals surface area contributed by atoms with E-state index >= 15 is 0 Å². The van der Waals surface area contributed by atoms with Crippen LogP contribution in [0.4, 0.5) is 0 Å². The highest BCUT2D eigenvalue weighted by Gasteiger charge is 2.43. The third-order valence-corrected chi connectivity index (χ3v) is 4.80. The lowest BCUT2D eigenvalue weighted by Crippen LogP contribution is -2.22. The molecule has 0 amide bonds. The molecular formula is C16H20O3S. The van der Waals surface area contributed by atoms with E-state index in [4.69, 9.17) is 9.84 Å². The second-order valence-electron chi connectivity index (χ2n) is 4.88. The predicted molar refractivity (Wildman–Crippen MR) is 80.6 cm³/mol. The molecule has 20 heavy (non-hydrogen) atoms. The average molecular weight is 292 g/mol. The Kier molecular flexibility index (Phi) is 5.68. The number of thioether (sulfide) groups is 1. The van der Waals surface area contributed by atoms with Gasteiger partial charge in [-0.1, -0.05) is 24.3 Å². The largest absolute Gasteiger partial charge is 0.461 e. The number of ether oxygens (including phenoxy) is 1. The van der Waals surface area contributed by atoms with Gasteiger partial charge in [-0.15, -0.1) is 18.3 Å². The predicted octanol–water partition coefficient (Wildman–Crippen LogP) is 3.04. The molecule has 108 valence electrons. The van der Waals surface area contributed by atoms with Crippen molar-refractivity contribution in [1.29, 1.82) is 0 Å². The number of cyclic esters (lactones) is 1. The van der Waals surface area contributed by atoms with Gasteiger partial charge in [-0.2, -0.15) is 0 Å².